The van der Waals surface area contributed by atoms with Gasteiger partial charge in [0, 0.05) is 43.0 Å². The van der Waals surface area contributed by atoms with E-state index in [4.69, 9.17) is 14.5 Å². The summed E-state index contributed by atoms with van der Waals surface area (Å²) in [7, 11) is 0. The Bertz CT molecular complexity index is 1830. The number of piperidine rings is 1. The number of halogens is 1. The first-order valence-corrected chi connectivity index (χ1v) is 16.2. The fraction of sp³-hybridized carbons (Fsp3) is 0.333. The lowest BCUT2D eigenvalue weighted by atomic mass is 10.1. The van der Waals surface area contributed by atoms with Crippen molar-refractivity contribution in [3.05, 3.63) is 95.8 Å². The van der Waals surface area contributed by atoms with Crippen molar-refractivity contribution in [2.24, 2.45) is 0 Å². The molecule has 1 fully saturated rings. The molecule has 11 heteroatoms. The SMILES string of the molecule is CCc1cn2cccc(N(C(=O)Oc3c(C)cccc3C)c3ccnc(Nc4ccc(OCCCN5CCCCC5)c(F)c4)n3)c2n1. The summed E-state index contributed by atoms with van der Waals surface area (Å²) >= 11 is 0. The molecule has 5 aromatic rings. The number of aromatic nitrogens is 4. The molecule has 1 saturated heterocycles. The third-order valence-electron chi connectivity index (χ3n) is 8.28. The standard InChI is InChI=1S/C36H40FN7O3/c1-4-27-24-43-21-9-13-30(34(43)39-27)44(36(45)47-33-25(2)11-8-12-26(33)3)32-16-17-38-35(41-32)40-28-14-15-31(29(37)23-28)46-22-10-20-42-18-6-5-7-19-42/h8-9,11-17,21,23-24H,4-7,10,18-20,22H2,1-3H3,(H,38,40,41). The van der Waals surface area contributed by atoms with Crippen molar-refractivity contribution in [1.82, 2.24) is 24.3 Å². The minimum absolute atomic E-state index is 0.173. The molecule has 0 aliphatic carbocycles. The van der Waals surface area contributed by atoms with Gasteiger partial charge in [-0.15, -0.1) is 0 Å². The van der Waals surface area contributed by atoms with Crippen LogP contribution in [0, 0.1) is 19.7 Å². The molecule has 0 spiro atoms. The molecule has 0 radical (unpaired) electrons. The Morgan fingerprint density at radius 3 is 2.60 bits per heavy atom. The molecule has 1 aliphatic heterocycles. The maximum Gasteiger partial charge on any atom is 0.425 e. The highest BCUT2D eigenvalue weighted by atomic mass is 19.1. The molecule has 10 nitrogen and oxygen atoms in total. The van der Waals surface area contributed by atoms with Crippen molar-refractivity contribution in [2.45, 2.75) is 52.9 Å². The number of carbonyl (C=O) groups excluding carboxylic acids is 1. The van der Waals surface area contributed by atoms with Gasteiger partial charge in [0.1, 0.15) is 11.6 Å². The number of amides is 1. The van der Waals surface area contributed by atoms with E-state index in [0.717, 1.165) is 49.3 Å². The summed E-state index contributed by atoms with van der Waals surface area (Å²) in [5.41, 5.74) is 4.03. The van der Waals surface area contributed by atoms with E-state index in [1.54, 1.807) is 24.3 Å². The summed E-state index contributed by atoms with van der Waals surface area (Å²) < 4.78 is 28.6. The first-order valence-electron chi connectivity index (χ1n) is 16.2. The van der Waals surface area contributed by atoms with Crippen LogP contribution < -0.4 is 19.7 Å². The van der Waals surface area contributed by atoms with Gasteiger partial charge in [-0.05, 0) is 88.0 Å². The Labute approximate surface area is 274 Å². The first kappa shape index (κ1) is 31.9. The topological polar surface area (TPSA) is 97.1 Å². The van der Waals surface area contributed by atoms with Crippen LogP contribution in [0.3, 0.4) is 0 Å². The lowest BCUT2D eigenvalue weighted by Crippen LogP contribution is -2.31. The van der Waals surface area contributed by atoms with Crippen molar-refractivity contribution in [2.75, 3.05) is 36.5 Å². The predicted molar refractivity (Wildman–Crippen MR) is 181 cm³/mol. The highest BCUT2D eigenvalue weighted by Crippen LogP contribution is 2.32. The van der Waals surface area contributed by atoms with E-state index in [1.165, 1.54) is 36.4 Å². The number of ether oxygens (including phenoxy) is 2. The smallest absolute Gasteiger partial charge is 0.425 e. The molecule has 0 atom stereocenters. The molecule has 1 aliphatic rings. The molecule has 0 bridgehead atoms. The van der Waals surface area contributed by atoms with Gasteiger partial charge in [0.25, 0.3) is 0 Å². The molecule has 4 heterocycles. The van der Waals surface area contributed by atoms with Crippen LogP contribution in [0.5, 0.6) is 11.5 Å². The van der Waals surface area contributed by atoms with Gasteiger partial charge < -0.3 is 24.1 Å². The van der Waals surface area contributed by atoms with Crippen molar-refractivity contribution in [1.29, 1.82) is 0 Å². The van der Waals surface area contributed by atoms with Crippen LogP contribution in [0.25, 0.3) is 5.65 Å². The van der Waals surface area contributed by atoms with E-state index in [9.17, 15) is 4.79 Å². The Morgan fingerprint density at radius 2 is 1.83 bits per heavy atom. The van der Waals surface area contributed by atoms with Gasteiger partial charge in [0.05, 0.1) is 18.0 Å². The number of benzene rings is 2. The zero-order chi connectivity index (χ0) is 32.8. The zero-order valence-electron chi connectivity index (χ0n) is 27.1. The number of imidazole rings is 1. The Balaban J connectivity index is 1.23. The fourth-order valence-corrected chi connectivity index (χ4v) is 5.81. The number of rotatable bonds is 11. The zero-order valence-corrected chi connectivity index (χ0v) is 27.1. The van der Waals surface area contributed by atoms with E-state index in [1.807, 2.05) is 61.8 Å². The number of nitrogens with zero attached hydrogens (tertiary/aromatic N) is 6. The number of fused-ring (bicyclic) bond motifs is 1. The van der Waals surface area contributed by atoms with Crippen LogP contribution in [-0.4, -0.2) is 56.6 Å². The molecule has 1 N–H and O–H groups in total. The quantitative estimate of drug-likeness (QED) is 0.147. The number of pyridine rings is 1. The maximum absolute atomic E-state index is 15.0. The molecule has 47 heavy (non-hydrogen) atoms. The van der Waals surface area contributed by atoms with E-state index in [2.05, 4.69) is 20.2 Å². The molecule has 6 rings (SSSR count). The highest BCUT2D eigenvalue weighted by Gasteiger charge is 2.26. The number of nitrogens with one attached hydrogen (secondary N) is 1. The average molecular weight is 638 g/mol. The molecule has 2 aromatic carbocycles. The van der Waals surface area contributed by atoms with Crippen LogP contribution in [0.15, 0.2) is 73.2 Å². The van der Waals surface area contributed by atoms with Crippen molar-refractivity contribution in [3.63, 3.8) is 0 Å². The summed E-state index contributed by atoms with van der Waals surface area (Å²) in [6, 6.07) is 15.6. The Morgan fingerprint density at radius 1 is 1.02 bits per heavy atom. The summed E-state index contributed by atoms with van der Waals surface area (Å²) in [6.45, 7) is 9.46. The number of hydrogen-bond acceptors (Lipinski definition) is 8. The van der Waals surface area contributed by atoms with Gasteiger partial charge in [0.2, 0.25) is 5.95 Å². The molecule has 0 unspecified atom stereocenters. The van der Waals surface area contributed by atoms with Gasteiger partial charge in [-0.3, -0.25) is 0 Å². The van der Waals surface area contributed by atoms with Crippen LogP contribution in [-0.2, 0) is 6.42 Å². The average Bonchev–Trinajstić information content (AvgIpc) is 3.51. The van der Waals surface area contributed by atoms with Crippen molar-refractivity contribution < 1.29 is 18.7 Å². The predicted octanol–water partition coefficient (Wildman–Crippen LogP) is 7.78. The number of anilines is 4. The number of hydrogen-bond donors (Lipinski definition) is 1. The maximum atomic E-state index is 15.0. The molecule has 1 amide bonds. The molecular weight excluding hydrogens is 597 g/mol. The lowest BCUT2D eigenvalue weighted by Gasteiger charge is -2.26. The minimum atomic E-state index is -0.658. The van der Waals surface area contributed by atoms with Crippen LogP contribution in [0.2, 0.25) is 0 Å². The van der Waals surface area contributed by atoms with Gasteiger partial charge in [-0.2, -0.15) is 4.98 Å². The number of likely N-dealkylation sites (tertiary alicyclic amines) is 1. The van der Waals surface area contributed by atoms with E-state index in [0.29, 0.717) is 29.4 Å². The van der Waals surface area contributed by atoms with Gasteiger partial charge in [-0.25, -0.2) is 24.1 Å². The normalized spacial score (nSPS) is 13.4. The van der Waals surface area contributed by atoms with E-state index in [-0.39, 0.29) is 17.5 Å². The molecular formula is C36H40FN7O3. The molecule has 244 valence electrons. The van der Waals surface area contributed by atoms with Crippen molar-refractivity contribution in [3.8, 4) is 11.5 Å². The summed E-state index contributed by atoms with van der Waals surface area (Å²) in [5, 5.41) is 3.06. The minimum Gasteiger partial charge on any atom is -0.490 e. The summed E-state index contributed by atoms with van der Waals surface area (Å²) in [6.07, 6.45) is 10.0. The third-order valence-corrected chi connectivity index (χ3v) is 8.28. The van der Waals surface area contributed by atoms with E-state index < -0.39 is 11.9 Å². The second-order valence-corrected chi connectivity index (χ2v) is 11.7. The van der Waals surface area contributed by atoms with Gasteiger partial charge in [-0.1, -0.05) is 31.5 Å². The van der Waals surface area contributed by atoms with Gasteiger partial charge in [0.15, 0.2) is 17.2 Å². The summed E-state index contributed by atoms with van der Waals surface area (Å²) in [5.74, 6) is 0.612. The molecule has 3 aromatic heterocycles. The molecule has 0 saturated carbocycles. The second-order valence-electron chi connectivity index (χ2n) is 11.7. The third kappa shape index (κ3) is 7.52. The summed E-state index contributed by atoms with van der Waals surface area (Å²) in [4.78, 5) is 31.6. The second kappa shape index (κ2) is 14.6. The largest absolute Gasteiger partial charge is 0.490 e. The lowest BCUT2D eigenvalue weighted by molar-refractivity contribution is 0.203. The monoisotopic (exact) mass is 637 g/mol. The Kier molecular flexibility index (Phi) is 9.92. The first-order chi connectivity index (χ1) is 22.9. The van der Waals surface area contributed by atoms with Crippen molar-refractivity contribution >= 4 is 34.9 Å². The number of carbonyl (C=O) groups is 1. The Hall–Kier alpha value is -5.03. The van der Waals surface area contributed by atoms with Gasteiger partial charge >= 0.3 is 6.09 Å². The number of para-hydroxylation sites is 1. The fourth-order valence-electron chi connectivity index (χ4n) is 5.81. The van der Waals surface area contributed by atoms with Crippen LogP contribution in [0.4, 0.5) is 32.3 Å². The van der Waals surface area contributed by atoms with Crippen LogP contribution >= 0.6 is 0 Å². The van der Waals surface area contributed by atoms with E-state index >= 15 is 4.39 Å². The highest BCUT2D eigenvalue weighted by molar-refractivity contribution is 6.00. The number of aryl methyl sites for hydroxylation is 3. The van der Waals surface area contributed by atoms with Crippen LogP contribution in [0.1, 0.15) is 49.4 Å².